The highest BCUT2D eigenvalue weighted by molar-refractivity contribution is 6.18. The van der Waals surface area contributed by atoms with Gasteiger partial charge in [0.1, 0.15) is 5.57 Å². The van der Waals surface area contributed by atoms with Gasteiger partial charge in [0.2, 0.25) is 0 Å². The van der Waals surface area contributed by atoms with Crippen LogP contribution in [-0.2, 0) is 11.0 Å². The average Bonchev–Trinajstić information content (AvgIpc) is 3.25. The molecule has 2 heterocycles. The molecule has 7 nitrogen and oxygen atoms in total. The van der Waals surface area contributed by atoms with Crippen molar-refractivity contribution in [1.29, 1.82) is 5.26 Å². The third-order valence-electron chi connectivity index (χ3n) is 5.45. The summed E-state index contributed by atoms with van der Waals surface area (Å²) in [6.07, 6.45) is -3.09. The van der Waals surface area contributed by atoms with Crippen molar-refractivity contribution in [2.24, 2.45) is 0 Å². The van der Waals surface area contributed by atoms with Crippen molar-refractivity contribution in [2.45, 2.75) is 13.1 Å². The van der Waals surface area contributed by atoms with E-state index in [1.165, 1.54) is 27.9 Å². The van der Waals surface area contributed by atoms with E-state index in [0.29, 0.717) is 22.6 Å². The zero-order valence-electron chi connectivity index (χ0n) is 17.7. The molecule has 1 aliphatic heterocycles. The molecule has 1 aliphatic rings. The fourth-order valence-corrected chi connectivity index (χ4v) is 3.76. The fraction of sp³-hybridized carbons (Fsp3) is 0.174. The lowest BCUT2D eigenvalue weighted by molar-refractivity contribution is -0.779. The molecular weight excluding hydrogens is 435 g/mol. The summed E-state index contributed by atoms with van der Waals surface area (Å²) in [5.41, 5.74) is 0.999. The summed E-state index contributed by atoms with van der Waals surface area (Å²) < 4.78 is 39.9. The van der Waals surface area contributed by atoms with E-state index in [-0.39, 0.29) is 17.9 Å². The number of rotatable bonds is 3. The summed E-state index contributed by atoms with van der Waals surface area (Å²) in [6.45, 7) is 1.21. The molecule has 1 atom stereocenters. The molecule has 0 bridgehead atoms. The first-order chi connectivity index (χ1) is 15.5. The molecule has 33 heavy (non-hydrogen) atoms. The second kappa shape index (κ2) is 7.88. The maximum atomic E-state index is 13.3. The van der Waals surface area contributed by atoms with E-state index in [1.54, 1.807) is 37.3 Å². The Labute approximate surface area is 187 Å². The summed E-state index contributed by atoms with van der Waals surface area (Å²) in [4.78, 5) is 14.6. The number of alkyl halides is 3. The Morgan fingerprint density at radius 1 is 1.12 bits per heavy atom. The molecule has 3 aromatic rings. The van der Waals surface area contributed by atoms with Gasteiger partial charge in [-0.1, -0.05) is 6.07 Å². The lowest BCUT2D eigenvalue weighted by Crippen LogP contribution is -2.55. The minimum atomic E-state index is -4.55. The Morgan fingerprint density at radius 2 is 1.82 bits per heavy atom. The normalized spacial score (nSPS) is 19.1. The minimum Gasteiger partial charge on any atom is -0.624 e. The van der Waals surface area contributed by atoms with Crippen molar-refractivity contribution in [2.75, 3.05) is 18.6 Å². The average molecular weight is 453 g/mol. The summed E-state index contributed by atoms with van der Waals surface area (Å²) in [6, 6.07) is 14.7. The number of allylic oxidation sites excluding steroid dienone is 1. The molecule has 1 aromatic heterocycles. The zero-order chi connectivity index (χ0) is 24.0. The topological polar surface area (TPSA) is 85.0 Å². The molecule has 0 saturated carbocycles. The number of aromatic nitrogens is 2. The number of anilines is 1. The molecule has 4 rings (SSSR count). The lowest BCUT2D eigenvalue weighted by Gasteiger charge is -2.45. The number of halogens is 3. The fourth-order valence-electron chi connectivity index (χ4n) is 3.76. The van der Waals surface area contributed by atoms with Crippen molar-refractivity contribution < 1.29 is 22.6 Å². The van der Waals surface area contributed by atoms with Crippen LogP contribution in [0.4, 0.5) is 18.9 Å². The molecule has 0 N–H and O–H groups in total. The van der Waals surface area contributed by atoms with Crippen LogP contribution < -0.4 is 4.90 Å². The monoisotopic (exact) mass is 453 g/mol. The van der Waals surface area contributed by atoms with E-state index in [9.17, 15) is 23.2 Å². The van der Waals surface area contributed by atoms with E-state index >= 15 is 0 Å². The van der Waals surface area contributed by atoms with Gasteiger partial charge >= 0.3 is 12.1 Å². The number of carbonyl (C=O) groups is 1. The van der Waals surface area contributed by atoms with E-state index in [2.05, 4.69) is 5.10 Å². The molecule has 0 spiro atoms. The number of likely N-dealkylation sites (N-methyl/N-ethyl adjacent to an activating group) is 1. The highest BCUT2D eigenvalue weighted by atomic mass is 19.4. The van der Waals surface area contributed by atoms with Gasteiger partial charge in [0.15, 0.2) is 6.67 Å². The van der Waals surface area contributed by atoms with Crippen LogP contribution in [0.1, 0.15) is 23.7 Å². The Hall–Kier alpha value is -3.94. The van der Waals surface area contributed by atoms with Gasteiger partial charge in [0.25, 0.3) is 0 Å². The van der Waals surface area contributed by atoms with Crippen LogP contribution in [-0.4, -0.2) is 34.1 Å². The van der Waals surface area contributed by atoms with Gasteiger partial charge in [-0.15, -0.1) is 0 Å². The Kier molecular flexibility index (Phi) is 5.32. The quantitative estimate of drug-likeness (QED) is 0.432. The number of nitrogens with zero attached hydrogens (tertiary/aromatic N) is 5. The number of benzene rings is 2. The number of hydrogen-bond acceptors (Lipinski definition) is 5. The van der Waals surface area contributed by atoms with E-state index in [4.69, 9.17) is 5.26 Å². The predicted octanol–water partition coefficient (Wildman–Crippen LogP) is 4.44. The van der Waals surface area contributed by atoms with E-state index < -0.39 is 22.3 Å². The van der Waals surface area contributed by atoms with Crippen molar-refractivity contribution in [3.63, 3.8) is 0 Å². The number of hydroxylamine groups is 3. The smallest absolute Gasteiger partial charge is 0.416 e. The molecular formula is C23H18F3N5O2. The molecule has 0 aliphatic carbocycles. The summed E-state index contributed by atoms with van der Waals surface area (Å²) in [5, 5.41) is 26.4. The van der Waals surface area contributed by atoms with Crippen molar-refractivity contribution in [1.82, 2.24) is 9.78 Å². The predicted molar refractivity (Wildman–Crippen MR) is 114 cm³/mol. The van der Waals surface area contributed by atoms with E-state index in [1.807, 2.05) is 6.07 Å². The summed E-state index contributed by atoms with van der Waals surface area (Å²) in [5.74, 6) is -0.730. The van der Waals surface area contributed by atoms with Gasteiger partial charge < -0.3 is 5.21 Å². The number of quaternary nitrogens is 1. The molecule has 2 aromatic carbocycles. The van der Waals surface area contributed by atoms with Gasteiger partial charge in [-0.2, -0.15) is 23.5 Å². The van der Waals surface area contributed by atoms with Crippen molar-refractivity contribution in [3.8, 4) is 11.8 Å². The number of amides is 1. The Morgan fingerprint density at radius 3 is 2.45 bits per heavy atom. The van der Waals surface area contributed by atoms with Crippen LogP contribution in [0.3, 0.4) is 0 Å². The van der Waals surface area contributed by atoms with Gasteiger partial charge in [0, 0.05) is 11.4 Å². The number of hydrogen-bond donors (Lipinski definition) is 0. The van der Waals surface area contributed by atoms with Gasteiger partial charge in [0.05, 0.1) is 41.8 Å². The third-order valence-corrected chi connectivity index (χ3v) is 5.45. The molecule has 168 valence electrons. The van der Waals surface area contributed by atoms with Crippen LogP contribution in [0.2, 0.25) is 0 Å². The van der Waals surface area contributed by atoms with Crippen LogP contribution in [0.15, 0.2) is 66.5 Å². The van der Waals surface area contributed by atoms with Gasteiger partial charge in [-0.05, 0) is 55.5 Å². The minimum absolute atomic E-state index is 0.0537. The first kappa shape index (κ1) is 22.3. The number of nitriles is 1. The molecule has 1 amide bonds. The molecule has 1 unspecified atom stereocenters. The van der Waals surface area contributed by atoms with Gasteiger partial charge in [-0.3, -0.25) is 9.55 Å². The molecule has 10 heteroatoms. The maximum Gasteiger partial charge on any atom is 0.416 e. The Balaban J connectivity index is 1.87. The second-order valence-electron chi connectivity index (χ2n) is 7.77. The van der Waals surface area contributed by atoms with Crippen LogP contribution in [0, 0.1) is 16.5 Å². The zero-order valence-corrected chi connectivity index (χ0v) is 17.7. The molecule has 0 saturated heterocycles. The van der Waals surface area contributed by atoms with Crippen LogP contribution in [0.5, 0.6) is 0 Å². The van der Waals surface area contributed by atoms with Gasteiger partial charge in [-0.25, -0.2) is 9.48 Å². The first-order valence-corrected chi connectivity index (χ1v) is 9.85. The Bertz CT molecular complexity index is 1300. The lowest BCUT2D eigenvalue weighted by atomic mass is 10.0. The largest absolute Gasteiger partial charge is 0.624 e. The first-order valence-electron chi connectivity index (χ1n) is 9.85. The maximum absolute atomic E-state index is 13.3. The SMILES string of the molecule is CC1=C(c2ccnn2-c2ccc(C#N)cc2)C(=O)[N+](C)([O-])CN1c1cccc(C(F)(F)F)c1. The van der Waals surface area contributed by atoms with Crippen LogP contribution in [0.25, 0.3) is 11.3 Å². The second-order valence-corrected chi connectivity index (χ2v) is 7.77. The number of carbonyl (C=O) groups excluding carboxylic acids is 1. The summed E-state index contributed by atoms with van der Waals surface area (Å²) >= 11 is 0. The molecule has 0 fully saturated rings. The summed E-state index contributed by atoms with van der Waals surface area (Å²) in [7, 11) is 1.16. The molecule has 0 radical (unpaired) electrons. The van der Waals surface area contributed by atoms with Crippen molar-refractivity contribution in [3.05, 3.63) is 88.5 Å². The van der Waals surface area contributed by atoms with Crippen molar-refractivity contribution >= 4 is 17.2 Å². The standard InChI is InChI=1S/C23H18F3N5O2/c1-15-21(20-10-11-28-30(20)18-8-6-16(13-27)7-9-18)22(32)31(2,33)14-29(15)19-5-3-4-17(12-19)23(24,25)26/h3-12H,14H2,1-2H3. The highest BCUT2D eigenvalue weighted by Crippen LogP contribution is 2.37. The third kappa shape index (κ3) is 4.00. The van der Waals surface area contributed by atoms with E-state index in [0.717, 1.165) is 19.2 Å². The van der Waals surface area contributed by atoms with Crippen LogP contribution >= 0.6 is 0 Å². The highest BCUT2D eigenvalue weighted by Gasteiger charge is 2.40.